The fourth-order valence-corrected chi connectivity index (χ4v) is 3.17. The summed E-state index contributed by atoms with van der Waals surface area (Å²) in [5.41, 5.74) is 1.10. The van der Waals surface area contributed by atoms with Crippen LogP contribution in [0.15, 0.2) is 0 Å². The van der Waals surface area contributed by atoms with Gasteiger partial charge in [0.1, 0.15) is 0 Å². The van der Waals surface area contributed by atoms with Gasteiger partial charge >= 0.3 is 0 Å². The molecule has 4 heteroatoms. The molecule has 1 aromatic rings. The van der Waals surface area contributed by atoms with Gasteiger partial charge in [-0.25, -0.2) is 4.98 Å². The van der Waals surface area contributed by atoms with Gasteiger partial charge in [-0.05, 0) is 18.8 Å². The van der Waals surface area contributed by atoms with Crippen LogP contribution in [0.3, 0.4) is 0 Å². The summed E-state index contributed by atoms with van der Waals surface area (Å²) < 4.78 is 0. The molecule has 0 bridgehead atoms. The number of aliphatic hydroxyl groups is 1. The molecule has 0 aromatic carbocycles. The van der Waals surface area contributed by atoms with E-state index in [2.05, 4.69) is 23.7 Å². The molecule has 1 atom stereocenters. The molecule has 1 aliphatic heterocycles. The largest absolute Gasteiger partial charge is 0.391 e. The van der Waals surface area contributed by atoms with E-state index in [1.807, 2.05) is 0 Å². The first-order chi connectivity index (χ1) is 7.74. The number of hydrogen-bond acceptors (Lipinski definition) is 4. The third-order valence-electron chi connectivity index (χ3n) is 3.09. The Labute approximate surface area is 101 Å². The number of hydrogen-bond donors (Lipinski definition) is 1. The third kappa shape index (κ3) is 2.38. The molecule has 3 nitrogen and oxygen atoms in total. The van der Waals surface area contributed by atoms with E-state index in [1.165, 1.54) is 6.42 Å². The first-order valence-electron chi connectivity index (χ1n) is 6.09. The van der Waals surface area contributed by atoms with Crippen LogP contribution in [0.1, 0.15) is 37.3 Å². The van der Waals surface area contributed by atoms with Gasteiger partial charge in [-0.2, -0.15) is 0 Å². The lowest BCUT2D eigenvalue weighted by Gasteiger charge is -2.13. The summed E-state index contributed by atoms with van der Waals surface area (Å²) in [5.74, 6) is 0.774. The summed E-state index contributed by atoms with van der Waals surface area (Å²) in [7, 11) is 0. The number of thiazole rings is 1. The Kier molecular flexibility index (Phi) is 3.82. The maximum absolute atomic E-state index is 9.31. The van der Waals surface area contributed by atoms with E-state index < -0.39 is 0 Å². The molecule has 1 aromatic heterocycles. The molecule has 0 spiro atoms. The molecule has 1 saturated heterocycles. The molecule has 16 heavy (non-hydrogen) atoms. The van der Waals surface area contributed by atoms with Gasteiger partial charge in [-0.3, -0.25) is 0 Å². The van der Waals surface area contributed by atoms with Crippen molar-refractivity contribution >= 4 is 16.5 Å². The molecule has 1 aliphatic rings. The normalized spacial score (nSPS) is 20.7. The SMILES string of the molecule is CCCc1nc(N2CCC(C)C2)sc1CO. The van der Waals surface area contributed by atoms with Crippen LogP contribution in [-0.4, -0.2) is 23.2 Å². The van der Waals surface area contributed by atoms with Gasteiger partial charge in [0.15, 0.2) is 5.13 Å². The molecule has 0 aliphatic carbocycles. The molecule has 2 rings (SSSR count). The molecule has 1 unspecified atom stereocenters. The summed E-state index contributed by atoms with van der Waals surface area (Å²) >= 11 is 1.66. The lowest BCUT2D eigenvalue weighted by Crippen LogP contribution is -2.18. The Morgan fingerprint density at radius 2 is 2.38 bits per heavy atom. The predicted molar refractivity (Wildman–Crippen MR) is 68.0 cm³/mol. The van der Waals surface area contributed by atoms with Gasteiger partial charge in [0.05, 0.1) is 17.2 Å². The zero-order chi connectivity index (χ0) is 11.5. The van der Waals surface area contributed by atoms with Crippen LogP contribution >= 0.6 is 11.3 Å². The standard InChI is InChI=1S/C12H20N2OS/c1-3-4-10-11(8-15)16-12(13-10)14-6-5-9(2)7-14/h9,15H,3-8H2,1-2H3. The van der Waals surface area contributed by atoms with Crippen molar-refractivity contribution in [2.24, 2.45) is 5.92 Å². The van der Waals surface area contributed by atoms with Crippen LogP contribution in [0, 0.1) is 5.92 Å². The Bertz CT molecular complexity index is 351. The highest BCUT2D eigenvalue weighted by Crippen LogP contribution is 2.30. The molecule has 2 heterocycles. The summed E-state index contributed by atoms with van der Waals surface area (Å²) in [5, 5.41) is 10.4. The van der Waals surface area contributed by atoms with E-state index in [9.17, 15) is 5.11 Å². The van der Waals surface area contributed by atoms with E-state index in [4.69, 9.17) is 0 Å². The summed E-state index contributed by atoms with van der Waals surface area (Å²) in [4.78, 5) is 8.08. The quantitative estimate of drug-likeness (QED) is 0.878. The van der Waals surface area contributed by atoms with Crippen LogP contribution in [0.5, 0.6) is 0 Å². The van der Waals surface area contributed by atoms with Gasteiger partial charge in [0.2, 0.25) is 0 Å². The van der Waals surface area contributed by atoms with E-state index in [1.54, 1.807) is 11.3 Å². The molecular weight excluding hydrogens is 220 g/mol. The summed E-state index contributed by atoms with van der Waals surface area (Å²) in [6.45, 7) is 6.80. The van der Waals surface area contributed by atoms with E-state index in [0.29, 0.717) is 0 Å². The number of anilines is 1. The second-order valence-electron chi connectivity index (χ2n) is 4.61. The maximum Gasteiger partial charge on any atom is 0.185 e. The maximum atomic E-state index is 9.31. The highest BCUT2D eigenvalue weighted by molar-refractivity contribution is 7.15. The number of aryl methyl sites for hydroxylation is 1. The van der Waals surface area contributed by atoms with Crippen LogP contribution in [-0.2, 0) is 13.0 Å². The zero-order valence-electron chi connectivity index (χ0n) is 10.1. The van der Waals surface area contributed by atoms with Crippen molar-refractivity contribution in [2.75, 3.05) is 18.0 Å². The van der Waals surface area contributed by atoms with Crippen molar-refractivity contribution in [3.05, 3.63) is 10.6 Å². The minimum Gasteiger partial charge on any atom is -0.391 e. The van der Waals surface area contributed by atoms with E-state index in [-0.39, 0.29) is 6.61 Å². The first-order valence-corrected chi connectivity index (χ1v) is 6.90. The molecular formula is C12H20N2OS. The van der Waals surface area contributed by atoms with Crippen LogP contribution in [0.4, 0.5) is 5.13 Å². The highest BCUT2D eigenvalue weighted by Gasteiger charge is 2.22. The first kappa shape index (κ1) is 11.9. The number of aromatic nitrogens is 1. The number of aliphatic hydroxyl groups excluding tert-OH is 1. The lowest BCUT2D eigenvalue weighted by molar-refractivity contribution is 0.284. The van der Waals surface area contributed by atoms with Crippen molar-refractivity contribution in [3.63, 3.8) is 0 Å². The zero-order valence-corrected chi connectivity index (χ0v) is 10.9. The van der Waals surface area contributed by atoms with Gasteiger partial charge in [-0.1, -0.05) is 31.6 Å². The Balaban J connectivity index is 2.15. The van der Waals surface area contributed by atoms with Gasteiger partial charge in [0.25, 0.3) is 0 Å². The van der Waals surface area contributed by atoms with Gasteiger partial charge in [0, 0.05) is 13.1 Å². The van der Waals surface area contributed by atoms with Crippen LogP contribution in [0.2, 0.25) is 0 Å². The number of rotatable bonds is 4. The Morgan fingerprint density at radius 3 is 2.94 bits per heavy atom. The van der Waals surface area contributed by atoms with Crippen LogP contribution in [0.25, 0.3) is 0 Å². The summed E-state index contributed by atoms with van der Waals surface area (Å²) in [6.07, 6.45) is 3.33. The monoisotopic (exact) mass is 240 g/mol. The third-order valence-corrected chi connectivity index (χ3v) is 4.23. The molecule has 1 fully saturated rings. The highest BCUT2D eigenvalue weighted by atomic mass is 32.1. The van der Waals surface area contributed by atoms with Gasteiger partial charge in [-0.15, -0.1) is 0 Å². The lowest BCUT2D eigenvalue weighted by atomic mass is 10.2. The van der Waals surface area contributed by atoms with Crippen molar-refractivity contribution in [1.82, 2.24) is 4.98 Å². The average Bonchev–Trinajstić information content (AvgIpc) is 2.85. The fourth-order valence-electron chi connectivity index (χ4n) is 2.17. The predicted octanol–water partition coefficient (Wildman–Crippen LogP) is 2.43. The van der Waals surface area contributed by atoms with Crippen LogP contribution < -0.4 is 4.90 Å². The average molecular weight is 240 g/mol. The van der Waals surface area contributed by atoms with Crippen molar-refractivity contribution in [2.45, 2.75) is 39.7 Å². The van der Waals surface area contributed by atoms with Gasteiger partial charge < -0.3 is 10.0 Å². The minimum absolute atomic E-state index is 0.135. The molecule has 0 radical (unpaired) electrons. The smallest absolute Gasteiger partial charge is 0.185 e. The Hall–Kier alpha value is -0.610. The summed E-state index contributed by atoms with van der Waals surface area (Å²) in [6, 6.07) is 0. The number of nitrogens with zero attached hydrogens (tertiary/aromatic N) is 2. The molecule has 0 amide bonds. The second kappa shape index (κ2) is 5.15. The molecule has 90 valence electrons. The van der Waals surface area contributed by atoms with Crippen molar-refractivity contribution in [1.29, 1.82) is 0 Å². The van der Waals surface area contributed by atoms with E-state index in [0.717, 1.165) is 47.6 Å². The fraction of sp³-hybridized carbons (Fsp3) is 0.750. The van der Waals surface area contributed by atoms with Crippen molar-refractivity contribution < 1.29 is 5.11 Å². The minimum atomic E-state index is 0.135. The molecule has 1 N–H and O–H groups in total. The topological polar surface area (TPSA) is 36.4 Å². The van der Waals surface area contributed by atoms with Crippen molar-refractivity contribution in [3.8, 4) is 0 Å². The van der Waals surface area contributed by atoms with E-state index >= 15 is 0 Å². The molecule has 0 saturated carbocycles. The second-order valence-corrected chi connectivity index (χ2v) is 5.68. The Morgan fingerprint density at radius 1 is 1.56 bits per heavy atom.